The standard InChI is InChI=1S/C20H26N6O2.ClH/c1-28-19-10-8-15(9-11-19)4-2-7-18(27)14-26-13-17(24-25-26)6-3-5-16-12-22-20(21)23-16;/h8-13H,2-7,14H2,1H3,(H3,21,22,23);1H. The van der Waals surface area contributed by atoms with Gasteiger partial charge in [0, 0.05) is 18.3 Å². The molecule has 8 nitrogen and oxygen atoms in total. The first-order valence-corrected chi connectivity index (χ1v) is 9.45. The molecule has 3 aromatic rings. The number of nitrogens with two attached hydrogens (primary N) is 1. The van der Waals surface area contributed by atoms with E-state index in [1.165, 1.54) is 5.56 Å². The molecule has 1 aromatic carbocycles. The predicted molar refractivity (Wildman–Crippen MR) is 113 cm³/mol. The van der Waals surface area contributed by atoms with Gasteiger partial charge in [0.1, 0.15) is 12.3 Å². The fourth-order valence-electron chi connectivity index (χ4n) is 3.04. The SMILES string of the molecule is COc1ccc(CCCC(=O)Cn2cc(CCCc3cnc(N)[nH]3)nn2)cc1.Cl. The van der Waals surface area contributed by atoms with Crippen molar-refractivity contribution in [1.29, 1.82) is 0 Å². The molecule has 0 amide bonds. The van der Waals surface area contributed by atoms with Crippen LogP contribution in [0.1, 0.15) is 36.2 Å². The first-order chi connectivity index (χ1) is 13.6. The summed E-state index contributed by atoms with van der Waals surface area (Å²) >= 11 is 0. The number of carbonyl (C=O) groups excluding carboxylic acids is 1. The zero-order valence-corrected chi connectivity index (χ0v) is 17.3. The molecule has 2 heterocycles. The number of nitrogen functional groups attached to an aromatic ring is 1. The Hall–Kier alpha value is -2.87. The Morgan fingerprint density at radius 2 is 1.97 bits per heavy atom. The Morgan fingerprint density at radius 3 is 2.66 bits per heavy atom. The van der Waals surface area contributed by atoms with Crippen LogP contribution >= 0.6 is 12.4 Å². The number of anilines is 1. The van der Waals surface area contributed by atoms with Gasteiger partial charge in [0.25, 0.3) is 0 Å². The molecule has 3 rings (SSSR count). The van der Waals surface area contributed by atoms with Gasteiger partial charge < -0.3 is 15.5 Å². The number of imidazole rings is 1. The lowest BCUT2D eigenvalue weighted by Gasteiger charge is -2.04. The van der Waals surface area contributed by atoms with Gasteiger partial charge in [0.15, 0.2) is 11.7 Å². The Bertz CT molecular complexity index is 891. The number of Topliss-reactive ketones (excluding diaryl/α,β-unsaturated/α-hetero) is 1. The first-order valence-electron chi connectivity index (χ1n) is 9.45. The molecule has 156 valence electrons. The number of rotatable bonds is 11. The zero-order chi connectivity index (χ0) is 19.8. The number of hydrogen-bond donors (Lipinski definition) is 2. The molecule has 2 aromatic heterocycles. The van der Waals surface area contributed by atoms with Gasteiger partial charge in [-0.25, -0.2) is 9.67 Å². The minimum absolute atomic E-state index is 0. The minimum atomic E-state index is 0. The Labute approximate surface area is 176 Å². The van der Waals surface area contributed by atoms with E-state index in [9.17, 15) is 4.79 Å². The fourth-order valence-corrected chi connectivity index (χ4v) is 3.04. The molecule has 3 N–H and O–H groups in total. The largest absolute Gasteiger partial charge is 0.497 e. The van der Waals surface area contributed by atoms with Gasteiger partial charge in [-0.3, -0.25) is 4.79 Å². The van der Waals surface area contributed by atoms with E-state index >= 15 is 0 Å². The molecular weight excluding hydrogens is 392 g/mol. The third-order valence-corrected chi connectivity index (χ3v) is 4.53. The summed E-state index contributed by atoms with van der Waals surface area (Å²) in [5.74, 6) is 1.44. The number of benzene rings is 1. The second-order valence-electron chi connectivity index (χ2n) is 6.79. The van der Waals surface area contributed by atoms with Crippen molar-refractivity contribution < 1.29 is 9.53 Å². The van der Waals surface area contributed by atoms with E-state index in [1.54, 1.807) is 18.0 Å². The molecule has 0 saturated heterocycles. The van der Waals surface area contributed by atoms with Crippen LogP contribution in [-0.2, 0) is 30.6 Å². The van der Waals surface area contributed by atoms with Crippen LogP contribution in [0.3, 0.4) is 0 Å². The molecule has 0 aliphatic carbocycles. The highest BCUT2D eigenvalue weighted by Gasteiger charge is 2.07. The average Bonchev–Trinajstić information content (AvgIpc) is 3.31. The maximum Gasteiger partial charge on any atom is 0.197 e. The second kappa shape index (κ2) is 11.2. The van der Waals surface area contributed by atoms with Crippen LogP contribution in [0, 0.1) is 0 Å². The van der Waals surface area contributed by atoms with Crippen molar-refractivity contribution in [2.75, 3.05) is 12.8 Å². The average molecular weight is 419 g/mol. The number of ketones is 1. The lowest BCUT2D eigenvalue weighted by atomic mass is 10.1. The molecule has 0 unspecified atom stereocenters. The van der Waals surface area contributed by atoms with Crippen molar-refractivity contribution in [1.82, 2.24) is 25.0 Å². The van der Waals surface area contributed by atoms with E-state index in [1.807, 2.05) is 30.5 Å². The summed E-state index contributed by atoms with van der Waals surface area (Å²) in [4.78, 5) is 19.2. The summed E-state index contributed by atoms with van der Waals surface area (Å²) in [7, 11) is 1.65. The number of nitrogens with one attached hydrogen (secondary N) is 1. The normalized spacial score (nSPS) is 10.5. The van der Waals surface area contributed by atoms with Crippen molar-refractivity contribution in [2.24, 2.45) is 0 Å². The van der Waals surface area contributed by atoms with Crippen LogP contribution in [-0.4, -0.2) is 37.9 Å². The number of carbonyl (C=O) groups is 1. The van der Waals surface area contributed by atoms with E-state index in [2.05, 4.69) is 20.3 Å². The second-order valence-corrected chi connectivity index (χ2v) is 6.79. The molecular formula is C20H27ClN6O2. The van der Waals surface area contributed by atoms with E-state index in [0.717, 1.165) is 49.2 Å². The third kappa shape index (κ3) is 7.23. The summed E-state index contributed by atoms with van der Waals surface area (Å²) < 4.78 is 6.77. The maximum absolute atomic E-state index is 12.2. The number of H-pyrrole nitrogens is 1. The molecule has 0 radical (unpaired) electrons. The van der Waals surface area contributed by atoms with E-state index in [-0.39, 0.29) is 24.7 Å². The highest BCUT2D eigenvalue weighted by Crippen LogP contribution is 2.13. The van der Waals surface area contributed by atoms with E-state index in [4.69, 9.17) is 10.5 Å². The van der Waals surface area contributed by atoms with E-state index in [0.29, 0.717) is 12.4 Å². The molecule has 0 aliphatic heterocycles. The maximum atomic E-state index is 12.2. The summed E-state index contributed by atoms with van der Waals surface area (Å²) in [6, 6.07) is 7.94. The summed E-state index contributed by atoms with van der Waals surface area (Å²) in [6.45, 7) is 0.271. The number of nitrogens with zero attached hydrogens (tertiary/aromatic N) is 4. The topological polar surface area (TPSA) is 112 Å². The first kappa shape index (κ1) is 22.4. The lowest BCUT2D eigenvalue weighted by Crippen LogP contribution is -2.10. The highest BCUT2D eigenvalue weighted by molar-refractivity contribution is 5.85. The van der Waals surface area contributed by atoms with E-state index < -0.39 is 0 Å². The number of aromatic nitrogens is 5. The van der Waals surface area contributed by atoms with Crippen LogP contribution < -0.4 is 10.5 Å². The molecule has 0 spiro atoms. The number of aromatic amines is 1. The number of hydrogen-bond acceptors (Lipinski definition) is 6. The van der Waals surface area contributed by atoms with Crippen LogP contribution in [0.5, 0.6) is 5.75 Å². The van der Waals surface area contributed by atoms with Gasteiger partial charge in [-0.15, -0.1) is 17.5 Å². The monoisotopic (exact) mass is 418 g/mol. The van der Waals surface area contributed by atoms with Crippen molar-refractivity contribution in [3.8, 4) is 5.75 Å². The van der Waals surface area contributed by atoms with Crippen molar-refractivity contribution >= 4 is 24.1 Å². The molecule has 0 bridgehead atoms. The Kier molecular flexibility index (Phi) is 8.67. The number of ether oxygens (including phenoxy) is 1. The van der Waals surface area contributed by atoms with Crippen LogP contribution in [0.4, 0.5) is 5.95 Å². The molecule has 0 fully saturated rings. The highest BCUT2D eigenvalue weighted by atomic mass is 35.5. The molecule has 0 aliphatic rings. The van der Waals surface area contributed by atoms with Crippen LogP contribution in [0.25, 0.3) is 0 Å². The van der Waals surface area contributed by atoms with Gasteiger partial charge in [0.2, 0.25) is 0 Å². The minimum Gasteiger partial charge on any atom is -0.497 e. The predicted octanol–water partition coefficient (Wildman–Crippen LogP) is 2.78. The van der Waals surface area contributed by atoms with Crippen molar-refractivity contribution in [3.63, 3.8) is 0 Å². The smallest absolute Gasteiger partial charge is 0.197 e. The third-order valence-electron chi connectivity index (χ3n) is 4.53. The van der Waals surface area contributed by atoms with Gasteiger partial charge in [-0.1, -0.05) is 17.3 Å². The van der Waals surface area contributed by atoms with Gasteiger partial charge >= 0.3 is 0 Å². The summed E-state index contributed by atoms with van der Waals surface area (Å²) in [6.07, 6.45) is 8.38. The van der Waals surface area contributed by atoms with Crippen molar-refractivity contribution in [3.05, 3.63) is 53.6 Å². The number of aryl methyl sites for hydroxylation is 3. The summed E-state index contributed by atoms with van der Waals surface area (Å²) in [5, 5.41) is 8.21. The quantitative estimate of drug-likeness (QED) is 0.495. The molecule has 0 saturated carbocycles. The fraction of sp³-hybridized carbons (Fsp3) is 0.400. The molecule has 29 heavy (non-hydrogen) atoms. The number of halogens is 1. The Balaban J connectivity index is 0.00000300. The van der Waals surface area contributed by atoms with Crippen molar-refractivity contribution in [2.45, 2.75) is 45.1 Å². The van der Waals surface area contributed by atoms with Gasteiger partial charge in [-0.2, -0.15) is 0 Å². The Morgan fingerprint density at radius 1 is 1.17 bits per heavy atom. The van der Waals surface area contributed by atoms with Gasteiger partial charge in [-0.05, 0) is 49.8 Å². The molecule has 9 heteroatoms. The van der Waals surface area contributed by atoms with Crippen LogP contribution in [0.2, 0.25) is 0 Å². The van der Waals surface area contributed by atoms with Gasteiger partial charge in [0.05, 0.1) is 19.0 Å². The van der Waals surface area contributed by atoms with Crippen LogP contribution in [0.15, 0.2) is 36.7 Å². The lowest BCUT2D eigenvalue weighted by molar-refractivity contribution is -0.119. The number of methoxy groups -OCH3 is 1. The summed E-state index contributed by atoms with van der Waals surface area (Å²) in [5.41, 5.74) is 8.66. The zero-order valence-electron chi connectivity index (χ0n) is 16.5. The molecule has 0 atom stereocenters.